The van der Waals surface area contributed by atoms with Crippen LogP contribution in [0.1, 0.15) is 43.6 Å². The Balaban J connectivity index is 1.16. The average Bonchev–Trinajstić information content (AvgIpc) is 3.27. The molecular weight excluding hydrogens is 304 g/mol. The van der Waals surface area contributed by atoms with Crippen LogP contribution in [0.5, 0.6) is 0 Å². The molecule has 2 atom stereocenters. The SMILES string of the molecule is O=C(NC[C@@H]1C[C@H]1c1ccccc1)NC1CCC2(CC1)OCCO2. The molecule has 1 saturated heterocycles. The third kappa shape index (κ3) is 3.57. The minimum absolute atomic E-state index is 0.0390. The van der Waals surface area contributed by atoms with E-state index in [2.05, 4.69) is 34.9 Å². The van der Waals surface area contributed by atoms with Crippen LogP contribution in [0, 0.1) is 5.92 Å². The van der Waals surface area contributed by atoms with E-state index in [9.17, 15) is 4.79 Å². The number of amides is 2. The number of hydrogen-bond acceptors (Lipinski definition) is 3. The monoisotopic (exact) mass is 330 g/mol. The molecule has 3 aliphatic rings. The van der Waals surface area contributed by atoms with E-state index < -0.39 is 0 Å². The lowest BCUT2D eigenvalue weighted by Crippen LogP contribution is -2.47. The molecule has 0 bridgehead atoms. The quantitative estimate of drug-likeness (QED) is 0.892. The number of hydrogen-bond donors (Lipinski definition) is 2. The zero-order valence-corrected chi connectivity index (χ0v) is 14.0. The highest BCUT2D eigenvalue weighted by Crippen LogP contribution is 2.46. The summed E-state index contributed by atoms with van der Waals surface area (Å²) < 4.78 is 11.5. The van der Waals surface area contributed by atoms with Gasteiger partial charge in [0.2, 0.25) is 0 Å². The van der Waals surface area contributed by atoms with Crippen LogP contribution in [-0.2, 0) is 9.47 Å². The number of carbonyl (C=O) groups is 1. The van der Waals surface area contributed by atoms with E-state index in [1.807, 2.05) is 6.07 Å². The Kier molecular flexibility index (Phi) is 4.46. The van der Waals surface area contributed by atoms with Gasteiger partial charge in [0.05, 0.1) is 13.2 Å². The van der Waals surface area contributed by atoms with Gasteiger partial charge in [0.1, 0.15) is 0 Å². The molecule has 1 heterocycles. The van der Waals surface area contributed by atoms with Gasteiger partial charge in [-0.15, -0.1) is 0 Å². The molecule has 1 aliphatic heterocycles. The molecular formula is C19H26N2O3. The Bertz CT molecular complexity index is 561. The molecule has 4 rings (SSSR count). The molecule has 5 heteroatoms. The topological polar surface area (TPSA) is 59.6 Å². The van der Waals surface area contributed by atoms with Gasteiger partial charge in [0.15, 0.2) is 5.79 Å². The zero-order chi connectivity index (χ0) is 16.4. The molecule has 1 aromatic carbocycles. The molecule has 24 heavy (non-hydrogen) atoms. The van der Waals surface area contributed by atoms with E-state index in [0.29, 0.717) is 25.0 Å². The van der Waals surface area contributed by atoms with Gasteiger partial charge in [0.25, 0.3) is 0 Å². The van der Waals surface area contributed by atoms with Gasteiger partial charge < -0.3 is 20.1 Å². The molecule has 130 valence electrons. The fourth-order valence-corrected chi connectivity index (χ4v) is 4.03. The predicted octanol–water partition coefficient (Wildman–Crippen LogP) is 2.78. The molecule has 0 aromatic heterocycles. The number of nitrogens with one attached hydrogen (secondary N) is 2. The molecule has 0 radical (unpaired) electrons. The smallest absolute Gasteiger partial charge is 0.315 e. The summed E-state index contributed by atoms with van der Waals surface area (Å²) in [5, 5.41) is 6.14. The van der Waals surface area contributed by atoms with Crippen LogP contribution in [0.4, 0.5) is 4.79 Å². The van der Waals surface area contributed by atoms with Crippen molar-refractivity contribution in [3.63, 3.8) is 0 Å². The van der Waals surface area contributed by atoms with E-state index >= 15 is 0 Å². The van der Waals surface area contributed by atoms with Gasteiger partial charge in [-0.05, 0) is 36.7 Å². The van der Waals surface area contributed by atoms with Crippen molar-refractivity contribution in [3.8, 4) is 0 Å². The molecule has 5 nitrogen and oxygen atoms in total. The maximum Gasteiger partial charge on any atom is 0.315 e. The van der Waals surface area contributed by atoms with Crippen LogP contribution < -0.4 is 10.6 Å². The maximum absolute atomic E-state index is 12.1. The third-order valence-electron chi connectivity index (χ3n) is 5.57. The predicted molar refractivity (Wildman–Crippen MR) is 90.7 cm³/mol. The number of ether oxygens (including phenoxy) is 2. The minimum atomic E-state index is -0.356. The summed E-state index contributed by atoms with van der Waals surface area (Å²) in [5.74, 6) is 0.830. The lowest BCUT2D eigenvalue weighted by atomic mass is 9.90. The van der Waals surface area contributed by atoms with Crippen molar-refractivity contribution in [3.05, 3.63) is 35.9 Å². The van der Waals surface area contributed by atoms with E-state index in [-0.39, 0.29) is 17.9 Å². The first kappa shape index (κ1) is 15.9. The molecule has 2 N–H and O–H groups in total. The fourth-order valence-electron chi connectivity index (χ4n) is 4.03. The minimum Gasteiger partial charge on any atom is -0.348 e. The van der Waals surface area contributed by atoms with Crippen LogP contribution >= 0.6 is 0 Å². The van der Waals surface area contributed by atoms with Gasteiger partial charge in [-0.1, -0.05) is 30.3 Å². The standard InChI is InChI=1S/C19H26N2O3/c22-18(20-13-15-12-17(15)14-4-2-1-3-5-14)21-16-6-8-19(9-7-16)23-10-11-24-19/h1-5,15-17H,6-13H2,(H2,20,21,22)/t15-,17-/m0/s1. The largest absolute Gasteiger partial charge is 0.348 e. The van der Waals surface area contributed by atoms with Crippen molar-refractivity contribution in [1.82, 2.24) is 10.6 Å². The van der Waals surface area contributed by atoms with Crippen molar-refractivity contribution < 1.29 is 14.3 Å². The molecule has 2 saturated carbocycles. The Morgan fingerprint density at radius 3 is 2.54 bits per heavy atom. The van der Waals surface area contributed by atoms with Gasteiger partial charge in [0, 0.05) is 25.4 Å². The van der Waals surface area contributed by atoms with Gasteiger partial charge >= 0.3 is 6.03 Å². The lowest BCUT2D eigenvalue weighted by molar-refractivity contribution is -0.179. The molecule has 0 unspecified atom stereocenters. The Morgan fingerprint density at radius 1 is 1.12 bits per heavy atom. The van der Waals surface area contributed by atoms with Crippen molar-refractivity contribution >= 4 is 6.03 Å². The number of carbonyl (C=O) groups excluding carboxylic acids is 1. The lowest BCUT2D eigenvalue weighted by Gasteiger charge is -2.35. The summed E-state index contributed by atoms with van der Waals surface area (Å²) in [6, 6.07) is 10.8. The maximum atomic E-state index is 12.1. The van der Waals surface area contributed by atoms with Crippen LogP contribution in [0.15, 0.2) is 30.3 Å². The second kappa shape index (κ2) is 6.73. The summed E-state index contributed by atoms with van der Waals surface area (Å²) in [7, 11) is 0. The van der Waals surface area contributed by atoms with Gasteiger partial charge in [-0.25, -0.2) is 4.79 Å². The van der Waals surface area contributed by atoms with Gasteiger partial charge in [-0.2, -0.15) is 0 Å². The second-order valence-electron chi connectivity index (χ2n) is 7.25. The van der Waals surface area contributed by atoms with Gasteiger partial charge in [-0.3, -0.25) is 0 Å². The first-order valence-corrected chi connectivity index (χ1v) is 9.11. The zero-order valence-electron chi connectivity index (χ0n) is 14.0. The second-order valence-corrected chi connectivity index (χ2v) is 7.25. The highest BCUT2D eigenvalue weighted by atomic mass is 16.7. The molecule has 2 amide bonds. The first-order valence-electron chi connectivity index (χ1n) is 9.11. The highest BCUT2D eigenvalue weighted by Gasteiger charge is 2.41. The van der Waals surface area contributed by atoms with E-state index in [1.165, 1.54) is 12.0 Å². The Labute approximate surface area is 143 Å². The summed E-state index contributed by atoms with van der Waals surface area (Å²) in [6.45, 7) is 2.15. The summed E-state index contributed by atoms with van der Waals surface area (Å²) in [6.07, 6.45) is 4.76. The van der Waals surface area contributed by atoms with E-state index in [1.54, 1.807) is 0 Å². The normalized spacial score (nSPS) is 28.7. The van der Waals surface area contributed by atoms with Crippen molar-refractivity contribution in [1.29, 1.82) is 0 Å². The van der Waals surface area contributed by atoms with Crippen molar-refractivity contribution in [2.75, 3.05) is 19.8 Å². The highest BCUT2D eigenvalue weighted by molar-refractivity contribution is 5.74. The van der Waals surface area contributed by atoms with E-state index in [4.69, 9.17) is 9.47 Å². The number of benzene rings is 1. The third-order valence-corrected chi connectivity index (χ3v) is 5.57. The molecule has 3 fully saturated rings. The molecule has 1 aromatic rings. The van der Waals surface area contributed by atoms with Crippen molar-refractivity contribution in [2.45, 2.75) is 49.9 Å². The van der Waals surface area contributed by atoms with E-state index in [0.717, 1.165) is 32.2 Å². The van der Waals surface area contributed by atoms with Crippen molar-refractivity contribution in [2.24, 2.45) is 5.92 Å². The van der Waals surface area contributed by atoms with Crippen LogP contribution in [0.2, 0.25) is 0 Å². The Morgan fingerprint density at radius 2 is 1.83 bits per heavy atom. The van der Waals surface area contributed by atoms with Crippen LogP contribution in [0.3, 0.4) is 0 Å². The fraction of sp³-hybridized carbons (Fsp3) is 0.632. The summed E-state index contributed by atoms with van der Waals surface area (Å²) in [5.41, 5.74) is 1.39. The summed E-state index contributed by atoms with van der Waals surface area (Å²) in [4.78, 5) is 12.1. The number of urea groups is 1. The molecule has 2 aliphatic carbocycles. The Hall–Kier alpha value is -1.59. The first-order chi connectivity index (χ1) is 11.7. The molecule has 1 spiro atoms. The average molecular weight is 330 g/mol. The summed E-state index contributed by atoms with van der Waals surface area (Å²) >= 11 is 0. The number of rotatable bonds is 4. The van der Waals surface area contributed by atoms with Crippen LogP contribution in [0.25, 0.3) is 0 Å². The van der Waals surface area contributed by atoms with Crippen LogP contribution in [-0.4, -0.2) is 37.6 Å².